The van der Waals surface area contributed by atoms with Gasteiger partial charge in [-0.1, -0.05) is 0 Å². The number of anilines is 1. The summed E-state index contributed by atoms with van der Waals surface area (Å²) in [5.74, 6) is 0.688. The molecule has 1 fully saturated rings. The molecule has 2 atom stereocenters. The molecule has 0 aliphatic carbocycles. The Bertz CT molecular complexity index is 330. The van der Waals surface area contributed by atoms with Crippen molar-refractivity contribution >= 4 is 5.82 Å². The zero-order valence-electron chi connectivity index (χ0n) is 7.51. The lowest BCUT2D eigenvalue weighted by atomic mass is 9.85. The second kappa shape index (κ2) is 2.48. The zero-order valence-corrected chi connectivity index (χ0v) is 7.51. The lowest BCUT2D eigenvalue weighted by Crippen LogP contribution is -2.42. The van der Waals surface area contributed by atoms with Gasteiger partial charge in [0.1, 0.15) is 5.82 Å². The smallest absolute Gasteiger partial charge is 0.150 e. The number of fused-ring (bicyclic) bond motifs is 4. The Labute approximate surface area is 76.9 Å². The second-order valence-corrected chi connectivity index (χ2v) is 4.05. The van der Waals surface area contributed by atoms with Crippen LogP contribution in [0.15, 0.2) is 0 Å². The first-order valence-electron chi connectivity index (χ1n) is 4.93. The standard InChI is InChI=1S/C9H14N4/c10-9-8-6-3-1-2-5(11-6)4-7(8)12-13-9/h5-6,11H,1-4H2,(H3,10,12,13). The highest BCUT2D eigenvalue weighted by Gasteiger charge is 2.32. The number of aromatic amines is 1. The molecular weight excluding hydrogens is 164 g/mol. The summed E-state index contributed by atoms with van der Waals surface area (Å²) in [7, 11) is 0. The van der Waals surface area contributed by atoms with Gasteiger partial charge in [-0.3, -0.25) is 5.10 Å². The molecule has 1 saturated heterocycles. The van der Waals surface area contributed by atoms with Gasteiger partial charge in [0, 0.05) is 29.8 Å². The average Bonchev–Trinajstić information content (AvgIpc) is 2.48. The first-order chi connectivity index (χ1) is 6.34. The Balaban J connectivity index is 2.08. The number of hydrogen-bond donors (Lipinski definition) is 3. The summed E-state index contributed by atoms with van der Waals surface area (Å²) in [6.07, 6.45) is 4.87. The first-order valence-corrected chi connectivity index (χ1v) is 4.93. The van der Waals surface area contributed by atoms with Crippen LogP contribution in [0.2, 0.25) is 0 Å². The summed E-state index contributed by atoms with van der Waals surface area (Å²) < 4.78 is 0. The maximum Gasteiger partial charge on any atom is 0.150 e. The van der Waals surface area contributed by atoms with Gasteiger partial charge < -0.3 is 11.1 Å². The number of nitrogens with one attached hydrogen (secondary N) is 2. The number of rotatable bonds is 0. The van der Waals surface area contributed by atoms with Crippen molar-refractivity contribution in [2.45, 2.75) is 37.8 Å². The zero-order chi connectivity index (χ0) is 8.84. The van der Waals surface area contributed by atoms with E-state index in [1.807, 2.05) is 0 Å². The van der Waals surface area contributed by atoms with Gasteiger partial charge in [-0.2, -0.15) is 5.10 Å². The Morgan fingerprint density at radius 3 is 3.23 bits per heavy atom. The fraction of sp³-hybridized carbons (Fsp3) is 0.667. The largest absolute Gasteiger partial charge is 0.382 e. The van der Waals surface area contributed by atoms with E-state index in [-0.39, 0.29) is 0 Å². The number of hydrogen-bond acceptors (Lipinski definition) is 3. The summed E-state index contributed by atoms with van der Waals surface area (Å²) in [4.78, 5) is 0. The fourth-order valence-corrected chi connectivity index (χ4v) is 2.60. The molecule has 0 aromatic carbocycles. The van der Waals surface area contributed by atoms with Crippen molar-refractivity contribution in [3.8, 4) is 0 Å². The summed E-state index contributed by atoms with van der Waals surface area (Å²) in [6.45, 7) is 0. The van der Waals surface area contributed by atoms with E-state index in [4.69, 9.17) is 5.73 Å². The average molecular weight is 178 g/mol. The number of piperidine rings is 1. The van der Waals surface area contributed by atoms with Gasteiger partial charge in [0.05, 0.1) is 0 Å². The highest BCUT2D eigenvalue weighted by atomic mass is 15.2. The predicted octanol–water partition coefficient (Wildman–Crippen LogP) is 0.731. The molecule has 4 nitrogen and oxygen atoms in total. The van der Waals surface area contributed by atoms with E-state index in [9.17, 15) is 0 Å². The van der Waals surface area contributed by atoms with Crippen LogP contribution in [-0.4, -0.2) is 16.2 Å². The van der Waals surface area contributed by atoms with Gasteiger partial charge in [-0.25, -0.2) is 0 Å². The number of aromatic nitrogens is 2. The minimum atomic E-state index is 0.459. The summed E-state index contributed by atoms with van der Waals surface area (Å²) >= 11 is 0. The van der Waals surface area contributed by atoms with E-state index in [0.717, 1.165) is 6.42 Å². The van der Waals surface area contributed by atoms with E-state index in [1.54, 1.807) is 0 Å². The molecule has 2 unspecified atom stereocenters. The van der Waals surface area contributed by atoms with Gasteiger partial charge in [-0.05, 0) is 19.3 Å². The van der Waals surface area contributed by atoms with Crippen LogP contribution in [0.1, 0.15) is 36.6 Å². The van der Waals surface area contributed by atoms with Crippen LogP contribution in [0, 0.1) is 0 Å². The molecule has 13 heavy (non-hydrogen) atoms. The SMILES string of the molecule is Nc1n[nH]c2c1C1CCCC(C2)N1. The third-order valence-electron chi connectivity index (χ3n) is 3.19. The third-order valence-corrected chi connectivity index (χ3v) is 3.19. The van der Waals surface area contributed by atoms with Gasteiger partial charge in [-0.15, -0.1) is 0 Å². The molecule has 3 rings (SSSR count). The van der Waals surface area contributed by atoms with Crippen molar-refractivity contribution in [3.63, 3.8) is 0 Å². The maximum atomic E-state index is 5.81. The van der Waals surface area contributed by atoms with E-state index in [1.165, 1.54) is 30.5 Å². The maximum absolute atomic E-state index is 5.81. The summed E-state index contributed by atoms with van der Waals surface area (Å²) in [5.41, 5.74) is 8.30. The quantitative estimate of drug-likeness (QED) is 0.548. The number of nitrogen functional groups attached to an aromatic ring is 1. The van der Waals surface area contributed by atoms with Crippen LogP contribution < -0.4 is 11.1 Å². The second-order valence-electron chi connectivity index (χ2n) is 4.05. The number of H-pyrrole nitrogens is 1. The van der Waals surface area contributed by atoms with Crippen molar-refractivity contribution in [1.29, 1.82) is 0 Å². The topological polar surface area (TPSA) is 66.7 Å². The number of nitrogens with two attached hydrogens (primary N) is 1. The molecule has 2 aliphatic heterocycles. The highest BCUT2D eigenvalue weighted by molar-refractivity contribution is 5.46. The molecule has 0 amide bonds. The third kappa shape index (κ3) is 0.983. The molecule has 1 aromatic heterocycles. The molecule has 0 spiro atoms. The van der Waals surface area contributed by atoms with Crippen molar-refractivity contribution in [3.05, 3.63) is 11.3 Å². The van der Waals surface area contributed by atoms with Crippen molar-refractivity contribution in [2.75, 3.05) is 5.73 Å². The van der Waals surface area contributed by atoms with Gasteiger partial charge in [0.15, 0.2) is 0 Å². The molecule has 2 bridgehead atoms. The predicted molar refractivity (Wildman–Crippen MR) is 50.2 cm³/mol. The van der Waals surface area contributed by atoms with Crippen LogP contribution in [0.25, 0.3) is 0 Å². The van der Waals surface area contributed by atoms with Crippen molar-refractivity contribution in [2.24, 2.45) is 0 Å². The lowest BCUT2D eigenvalue weighted by molar-refractivity contribution is 0.301. The molecule has 0 radical (unpaired) electrons. The van der Waals surface area contributed by atoms with Crippen molar-refractivity contribution < 1.29 is 0 Å². The Kier molecular flexibility index (Phi) is 1.41. The number of nitrogens with zero attached hydrogens (tertiary/aromatic N) is 1. The van der Waals surface area contributed by atoms with Crippen LogP contribution in [-0.2, 0) is 6.42 Å². The lowest BCUT2D eigenvalue weighted by Gasteiger charge is -2.35. The van der Waals surface area contributed by atoms with E-state index >= 15 is 0 Å². The molecule has 3 heterocycles. The minimum absolute atomic E-state index is 0.459. The molecule has 1 aromatic rings. The van der Waals surface area contributed by atoms with Crippen molar-refractivity contribution in [1.82, 2.24) is 15.5 Å². The first kappa shape index (κ1) is 7.38. The van der Waals surface area contributed by atoms with Crippen LogP contribution in [0.5, 0.6) is 0 Å². The monoisotopic (exact) mass is 178 g/mol. The Hall–Kier alpha value is -1.03. The van der Waals surface area contributed by atoms with Gasteiger partial charge >= 0.3 is 0 Å². The van der Waals surface area contributed by atoms with E-state index in [0.29, 0.717) is 17.9 Å². The Morgan fingerprint density at radius 2 is 2.31 bits per heavy atom. The molecule has 4 heteroatoms. The summed E-state index contributed by atoms with van der Waals surface area (Å²) in [5, 5.41) is 10.7. The van der Waals surface area contributed by atoms with Crippen LogP contribution in [0.4, 0.5) is 5.82 Å². The fourth-order valence-electron chi connectivity index (χ4n) is 2.60. The molecule has 4 N–H and O–H groups in total. The highest BCUT2D eigenvalue weighted by Crippen LogP contribution is 2.35. The van der Waals surface area contributed by atoms with Crippen LogP contribution in [0.3, 0.4) is 0 Å². The van der Waals surface area contributed by atoms with E-state index < -0.39 is 0 Å². The minimum Gasteiger partial charge on any atom is -0.382 e. The van der Waals surface area contributed by atoms with Gasteiger partial charge in [0.25, 0.3) is 0 Å². The van der Waals surface area contributed by atoms with Crippen LogP contribution >= 0.6 is 0 Å². The molecular formula is C9H14N4. The Morgan fingerprint density at radius 1 is 1.38 bits per heavy atom. The molecule has 0 saturated carbocycles. The van der Waals surface area contributed by atoms with E-state index in [2.05, 4.69) is 15.5 Å². The normalized spacial score (nSPS) is 31.4. The summed E-state index contributed by atoms with van der Waals surface area (Å²) in [6, 6.07) is 1.10. The van der Waals surface area contributed by atoms with Gasteiger partial charge in [0.2, 0.25) is 0 Å². The molecule has 2 aliphatic rings. The molecule has 70 valence electrons.